The molecule has 7 heteroatoms. The topological polar surface area (TPSA) is 61.4 Å². The van der Waals surface area contributed by atoms with Crippen molar-refractivity contribution < 1.29 is 18.4 Å². The second kappa shape index (κ2) is 8.15. The first-order valence-electron chi connectivity index (χ1n) is 10.3. The van der Waals surface area contributed by atoms with Crippen molar-refractivity contribution in [1.82, 2.24) is 15.5 Å². The highest BCUT2D eigenvalue weighted by molar-refractivity contribution is 5.89. The maximum Gasteiger partial charge on any atom is 0.225 e. The summed E-state index contributed by atoms with van der Waals surface area (Å²) in [5, 5.41) is 6.34. The van der Waals surface area contributed by atoms with Gasteiger partial charge in [0.05, 0.1) is 5.92 Å². The maximum absolute atomic E-state index is 13.7. The summed E-state index contributed by atoms with van der Waals surface area (Å²) in [5.41, 5.74) is 0.695. The fourth-order valence-electron chi connectivity index (χ4n) is 4.93. The molecule has 0 bridgehead atoms. The molecule has 4 rings (SSSR count). The number of benzene rings is 1. The van der Waals surface area contributed by atoms with Gasteiger partial charge in [0.15, 0.2) is 11.6 Å². The van der Waals surface area contributed by atoms with E-state index >= 15 is 0 Å². The molecule has 2 saturated heterocycles. The highest BCUT2D eigenvalue weighted by Gasteiger charge is 2.40. The number of amides is 2. The first kappa shape index (κ1) is 19.3. The number of hydrogen-bond donors (Lipinski definition) is 2. The van der Waals surface area contributed by atoms with E-state index in [9.17, 15) is 18.4 Å². The van der Waals surface area contributed by atoms with Crippen molar-refractivity contribution in [2.75, 3.05) is 19.6 Å². The van der Waals surface area contributed by atoms with Gasteiger partial charge in [-0.25, -0.2) is 8.78 Å². The zero-order valence-corrected chi connectivity index (χ0v) is 15.9. The van der Waals surface area contributed by atoms with Crippen LogP contribution >= 0.6 is 0 Å². The van der Waals surface area contributed by atoms with E-state index in [2.05, 4.69) is 10.6 Å². The van der Waals surface area contributed by atoms with Crippen molar-refractivity contribution in [3.05, 3.63) is 35.4 Å². The van der Waals surface area contributed by atoms with Gasteiger partial charge in [-0.1, -0.05) is 18.9 Å². The number of rotatable bonds is 4. The summed E-state index contributed by atoms with van der Waals surface area (Å²) >= 11 is 0. The average Bonchev–Trinajstić information content (AvgIpc) is 3.34. The molecular weight excluding hydrogens is 364 g/mol. The molecule has 1 aliphatic carbocycles. The highest BCUT2D eigenvalue weighted by atomic mass is 19.2. The third-order valence-corrected chi connectivity index (χ3v) is 6.48. The Morgan fingerprint density at radius 2 is 1.93 bits per heavy atom. The van der Waals surface area contributed by atoms with Crippen molar-refractivity contribution in [3.8, 4) is 0 Å². The second-order valence-corrected chi connectivity index (χ2v) is 8.27. The molecule has 3 atom stereocenters. The van der Waals surface area contributed by atoms with Crippen molar-refractivity contribution in [2.45, 2.75) is 56.5 Å². The van der Waals surface area contributed by atoms with Gasteiger partial charge in [-0.05, 0) is 43.5 Å². The lowest BCUT2D eigenvalue weighted by Crippen LogP contribution is -2.51. The highest BCUT2D eigenvalue weighted by Crippen LogP contribution is 2.31. The smallest absolute Gasteiger partial charge is 0.225 e. The van der Waals surface area contributed by atoms with Crippen LogP contribution in [0.5, 0.6) is 0 Å². The van der Waals surface area contributed by atoms with Crippen LogP contribution in [0.4, 0.5) is 8.78 Å². The van der Waals surface area contributed by atoms with Crippen LogP contribution < -0.4 is 10.6 Å². The van der Waals surface area contributed by atoms with Crippen LogP contribution in [0.2, 0.25) is 0 Å². The lowest BCUT2D eigenvalue weighted by atomic mass is 9.85. The van der Waals surface area contributed by atoms with E-state index in [-0.39, 0.29) is 42.2 Å². The average molecular weight is 391 g/mol. The Morgan fingerprint density at radius 1 is 1.14 bits per heavy atom. The SMILES string of the molecule is O=C(NC1CNCCC1c1ccc(F)c(F)c1)C1CC(=O)N(C2CCCC2)C1. The normalized spacial score (nSPS) is 28.7. The van der Waals surface area contributed by atoms with Crippen LogP contribution in [0.25, 0.3) is 0 Å². The molecule has 0 radical (unpaired) electrons. The molecule has 0 spiro atoms. The van der Waals surface area contributed by atoms with Gasteiger partial charge < -0.3 is 15.5 Å². The minimum absolute atomic E-state index is 0.0750. The van der Waals surface area contributed by atoms with Crippen LogP contribution in [-0.2, 0) is 9.59 Å². The van der Waals surface area contributed by atoms with E-state index in [4.69, 9.17) is 0 Å². The fraction of sp³-hybridized carbons (Fsp3) is 0.619. The summed E-state index contributed by atoms with van der Waals surface area (Å²) in [6.45, 7) is 1.82. The molecule has 1 saturated carbocycles. The monoisotopic (exact) mass is 391 g/mol. The summed E-state index contributed by atoms with van der Waals surface area (Å²) in [7, 11) is 0. The Labute approximate surface area is 163 Å². The molecule has 2 aliphatic heterocycles. The van der Waals surface area contributed by atoms with Crippen molar-refractivity contribution in [1.29, 1.82) is 0 Å². The van der Waals surface area contributed by atoms with E-state index in [0.29, 0.717) is 18.7 Å². The lowest BCUT2D eigenvalue weighted by Gasteiger charge is -2.34. The predicted molar refractivity (Wildman–Crippen MR) is 101 cm³/mol. The molecule has 0 aromatic heterocycles. The molecule has 2 N–H and O–H groups in total. The van der Waals surface area contributed by atoms with Gasteiger partial charge in [-0.2, -0.15) is 0 Å². The quantitative estimate of drug-likeness (QED) is 0.828. The lowest BCUT2D eigenvalue weighted by molar-refractivity contribution is -0.130. The van der Waals surface area contributed by atoms with Crippen LogP contribution in [0, 0.1) is 17.6 Å². The molecule has 1 aromatic rings. The zero-order valence-electron chi connectivity index (χ0n) is 15.9. The third kappa shape index (κ3) is 3.90. The first-order valence-corrected chi connectivity index (χ1v) is 10.3. The van der Waals surface area contributed by atoms with Gasteiger partial charge in [0, 0.05) is 37.5 Å². The van der Waals surface area contributed by atoms with Crippen LogP contribution in [0.1, 0.15) is 50.0 Å². The molecule has 3 aliphatic rings. The number of carbonyl (C=O) groups excluding carboxylic acids is 2. The minimum Gasteiger partial charge on any atom is -0.351 e. The first-order chi connectivity index (χ1) is 13.5. The molecule has 2 amide bonds. The summed E-state index contributed by atoms with van der Waals surface area (Å²) in [6, 6.07) is 4.04. The molecule has 5 nitrogen and oxygen atoms in total. The summed E-state index contributed by atoms with van der Waals surface area (Å²) in [5.74, 6) is -2.19. The fourth-order valence-corrected chi connectivity index (χ4v) is 4.93. The summed E-state index contributed by atoms with van der Waals surface area (Å²) < 4.78 is 27.0. The second-order valence-electron chi connectivity index (χ2n) is 8.27. The Morgan fingerprint density at radius 3 is 2.68 bits per heavy atom. The van der Waals surface area contributed by atoms with Gasteiger partial charge in [0.25, 0.3) is 0 Å². The molecule has 2 heterocycles. The van der Waals surface area contributed by atoms with Gasteiger partial charge in [-0.3, -0.25) is 9.59 Å². The van der Waals surface area contributed by atoms with Gasteiger partial charge >= 0.3 is 0 Å². The van der Waals surface area contributed by atoms with Crippen molar-refractivity contribution in [2.24, 2.45) is 5.92 Å². The number of halogens is 2. The van der Waals surface area contributed by atoms with E-state index in [1.54, 1.807) is 6.07 Å². The molecule has 28 heavy (non-hydrogen) atoms. The Bertz CT molecular complexity index is 751. The van der Waals surface area contributed by atoms with E-state index in [0.717, 1.165) is 44.7 Å². The number of piperidine rings is 1. The summed E-state index contributed by atoms with van der Waals surface area (Å²) in [6.07, 6.45) is 5.35. The number of nitrogens with zero attached hydrogens (tertiary/aromatic N) is 1. The standard InChI is InChI=1S/C21H27F2N3O2/c22-17-6-5-13(9-18(17)23)16-7-8-24-11-19(16)25-21(28)14-10-20(27)26(12-14)15-3-1-2-4-15/h5-6,9,14-16,19,24H,1-4,7-8,10-12H2,(H,25,28). The number of hydrogen-bond acceptors (Lipinski definition) is 3. The Balaban J connectivity index is 1.42. The molecular formula is C21H27F2N3O2. The van der Waals surface area contributed by atoms with Crippen LogP contribution in [0.15, 0.2) is 18.2 Å². The number of likely N-dealkylation sites (tertiary alicyclic amines) is 1. The van der Waals surface area contributed by atoms with Gasteiger partial charge in [-0.15, -0.1) is 0 Å². The third-order valence-electron chi connectivity index (χ3n) is 6.48. The van der Waals surface area contributed by atoms with Crippen LogP contribution in [-0.4, -0.2) is 48.4 Å². The van der Waals surface area contributed by atoms with E-state index in [1.165, 1.54) is 6.07 Å². The Hall–Kier alpha value is -2.02. The maximum atomic E-state index is 13.7. The van der Waals surface area contributed by atoms with Crippen LogP contribution in [0.3, 0.4) is 0 Å². The van der Waals surface area contributed by atoms with Crippen molar-refractivity contribution >= 4 is 11.8 Å². The zero-order chi connectivity index (χ0) is 19.7. The summed E-state index contributed by atoms with van der Waals surface area (Å²) in [4.78, 5) is 27.1. The van der Waals surface area contributed by atoms with Gasteiger partial charge in [0.2, 0.25) is 11.8 Å². The van der Waals surface area contributed by atoms with Crippen molar-refractivity contribution in [3.63, 3.8) is 0 Å². The molecule has 3 fully saturated rings. The molecule has 1 aromatic carbocycles. The number of carbonyl (C=O) groups is 2. The molecule has 152 valence electrons. The van der Waals surface area contributed by atoms with E-state index < -0.39 is 11.6 Å². The predicted octanol–water partition coefficient (Wildman–Crippen LogP) is 2.32. The van der Waals surface area contributed by atoms with Gasteiger partial charge in [0.1, 0.15) is 0 Å². The minimum atomic E-state index is -0.866. The Kier molecular flexibility index (Phi) is 5.62. The number of nitrogens with one attached hydrogen (secondary N) is 2. The molecule has 3 unspecified atom stereocenters. The largest absolute Gasteiger partial charge is 0.351 e. The van der Waals surface area contributed by atoms with E-state index in [1.807, 2.05) is 4.90 Å².